The minimum absolute atomic E-state index is 0.0296. The number of esters is 1. The molecule has 1 atom stereocenters. The zero-order valence-corrected chi connectivity index (χ0v) is 25.7. The van der Waals surface area contributed by atoms with Crippen LogP contribution in [0.25, 0.3) is 11.1 Å². The van der Waals surface area contributed by atoms with Gasteiger partial charge in [-0.1, -0.05) is 71.1 Å². The number of carbonyl (C=O) groups excluding carboxylic acids is 2. The third-order valence-electron chi connectivity index (χ3n) is 6.12. The molecule has 2 aromatic carbocycles. The molecule has 0 fully saturated rings. The third-order valence-corrected chi connectivity index (χ3v) is 6.56. The fourth-order valence-electron chi connectivity index (χ4n) is 4.36. The first-order chi connectivity index (χ1) is 19.3. The molecule has 0 saturated heterocycles. The SMILES string of the molecule is CC(C)(C)OCCOCCOC[C@H](CNCC(=O)OCCI)NC(=O)OCC1c2ccccc2-c2ccccc21. The molecule has 0 aliphatic heterocycles. The van der Waals surface area contributed by atoms with Gasteiger partial charge in [0.05, 0.1) is 51.2 Å². The summed E-state index contributed by atoms with van der Waals surface area (Å²) in [6.07, 6.45) is -0.541. The number of hydrogen-bond acceptors (Lipinski definition) is 8. The number of ether oxygens (including phenoxy) is 5. The second kappa shape index (κ2) is 16.9. The molecule has 0 radical (unpaired) electrons. The van der Waals surface area contributed by atoms with Crippen molar-refractivity contribution in [2.45, 2.75) is 38.3 Å². The second-order valence-corrected chi connectivity index (χ2v) is 11.4. The first-order valence-corrected chi connectivity index (χ1v) is 15.1. The van der Waals surface area contributed by atoms with E-state index >= 15 is 0 Å². The van der Waals surface area contributed by atoms with Crippen LogP contribution in [0.5, 0.6) is 0 Å². The predicted molar refractivity (Wildman–Crippen MR) is 162 cm³/mol. The van der Waals surface area contributed by atoms with Crippen molar-refractivity contribution >= 4 is 34.7 Å². The van der Waals surface area contributed by atoms with Gasteiger partial charge in [0, 0.05) is 16.9 Å². The Balaban J connectivity index is 1.47. The molecule has 10 heteroatoms. The Bertz CT molecular complexity index is 1030. The normalized spacial score (nSPS) is 13.4. The molecule has 2 N–H and O–H groups in total. The first-order valence-electron chi connectivity index (χ1n) is 13.6. The number of fused-ring (bicyclic) bond motifs is 3. The number of hydrogen-bond donors (Lipinski definition) is 2. The molecule has 1 aliphatic rings. The van der Waals surface area contributed by atoms with Crippen LogP contribution < -0.4 is 10.6 Å². The summed E-state index contributed by atoms with van der Waals surface area (Å²) in [7, 11) is 0. The van der Waals surface area contributed by atoms with Gasteiger partial charge in [-0.15, -0.1) is 0 Å². The maximum atomic E-state index is 12.8. The van der Waals surface area contributed by atoms with E-state index in [0.29, 0.717) is 39.6 Å². The fraction of sp³-hybridized carbons (Fsp3) is 0.533. The zero-order valence-electron chi connectivity index (χ0n) is 23.6. The molecule has 2 aromatic rings. The summed E-state index contributed by atoms with van der Waals surface area (Å²) in [6.45, 7) is 8.89. The Morgan fingerprint density at radius 1 is 0.875 bits per heavy atom. The monoisotopic (exact) mass is 668 g/mol. The Kier molecular flexibility index (Phi) is 13.6. The molecule has 40 heavy (non-hydrogen) atoms. The maximum absolute atomic E-state index is 12.8. The van der Waals surface area contributed by atoms with Crippen LogP contribution in [-0.4, -0.2) is 87.5 Å². The van der Waals surface area contributed by atoms with E-state index in [1.165, 1.54) is 11.1 Å². The van der Waals surface area contributed by atoms with Crippen molar-refractivity contribution in [3.8, 4) is 11.1 Å². The van der Waals surface area contributed by atoms with Crippen LogP contribution >= 0.6 is 22.6 Å². The van der Waals surface area contributed by atoms with Crippen molar-refractivity contribution in [1.29, 1.82) is 0 Å². The number of halogens is 1. The molecule has 9 nitrogen and oxygen atoms in total. The van der Waals surface area contributed by atoms with Crippen molar-refractivity contribution in [1.82, 2.24) is 10.6 Å². The first kappa shape index (κ1) is 32.3. The Morgan fingerprint density at radius 3 is 2.15 bits per heavy atom. The van der Waals surface area contributed by atoms with E-state index < -0.39 is 12.1 Å². The van der Waals surface area contributed by atoms with E-state index in [9.17, 15) is 9.59 Å². The highest BCUT2D eigenvalue weighted by molar-refractivity contribution is 14.1. The minimum atomic E-state index is -0.541. The number of alkyl halides is 1. The van der Waals surface area contributed by atoms with E-state index in [0.717, 1.165) is 15.6 Å². The zero-order chi connectivity index (χ0) is 28.8. The average molecular weight is 669 g/mol. The molecule has 0 unspecified atom stereocenters. The highest BCUT2D eigenvalue weighted by Gasteiger charge is 2.29. The van der Waals surface area contributed by atoms with Crippen LogP contribution in [0, 0.1) is 0 Å². The van der Waals surface area contributed by atoms with Crippen LogP contribution in [0.2, 0.25) is 0 Å². The molecule has 3 rings (SSSR count). The molecule has 0 spiro atoms. The van der Waals surface area contributed by atoms with Crippen LogP contribution in [-0.2, 0) is 28.5 Å². The van der Waals surface area contributed by atoms with Gasteiger partial charge in [0.1, 0.15) is 13.2 Å². The standard InChI is InChI=1S/C30H41IN2O7/c1-30(2,3)40-17-16-36-14-15-37-20-22(18-32-19-28(34)38-13-12-31)33-29(35)39-21-27-25-10-6-4-8-23(25)24-9-5-7-11-26(24)27/h4-11,22,27,32H,12-21H2,1-3H3,(H,33,35)/t22-/m0/s1. The van der Waals surface area contributed by atoms with Gasteiger partial charge in [-0.3, -0.25) is 4.79 Å². The van der Waals surface area contributed by atoms with E-state index in [-0.39, 0.29) is 37.2 Å². The van der Waals surface area contributed by atoms with Gasteiger partial charge >= 0.3 is 12.1 Å². The minimum Gasteiger partial charge on any atom is -0.464 e. The lowest BCUT2D eigenvalue weighted by atomic mass is 9.98. The van der Waals surface area contributed by atoms with Crippen molar-refractivity contribution in [2.75, 3.05) is 63.8 Å². The van der Waals surface area contributed by atoms with Crippen molar-refractivity contribution in [3.05, 3.63) is 59.7 Å². The van der Waals surface area contributed by atoms with Gasteiger partial charge in [-0.25, -0.2) is 4.79 Å². The van der Waals surface area contributed by atoms with E-state index in [2.05, 4.69) is 57.5 Å². The summed E-state index contributed by atoms with van der Waals surface area (Å²) < 4.78 is 28.4. The molecular formula is C30H41IN2O7. The maximum Gasteiger partial charge on any atom is 0.407 e. The van der Waals surface area contributed by atoms with Gasteiger partial charge in [0.25, 0.3) is 0 Å². The van der Waals surface area contributed by atoms with Crippen LogP contribution in [0.3, 0.4) is 0 Å². The number of carbonyl (C=O) groups is 2. The Hall–Kier alpha value is -2.25. The average Bonchev–Trinajstić information content (AvgIpc) is 3.25. The van der Waals surface area contributed by atoms with E-state index in [1.54, 1.807) is 0 Å². The summed E-state index contributed by atoms with van der Waals surface area (Å²) in [5, 5.41) is 5.90. The molecule has 0 aromatic heterocycles. The lowest BCUT2D eigenvalue weighted by Crippen LogP contribution is -2.46. The number of alkyl carbamates (subject to hydrolysis) is 1. The molecule has 0 heterocycles. The van der Waals surface area contributed by atoms with Crippen molar-refractivity contribution in [3.63, 3.8) is 0 Å². The second-order valence-electron chi connectivity index (χ2n) is 10.4. The lowest BCUT2D eigenvalue weighted by molar-refractivity contribution is -0.141. The van der Waals surface area contributed by atoms with Gasteiger partial charge in [0.15, 0.2) is 0 Å². The fourth-order valence-corrected chi connectivity index (χ4v) is 4.58. The molecule has 220 valence electrons. The molecule has 1 aliphatic carbocycles. The summed E-state index contributed by atoms with van der Waals surface area (Å²) in [5.41, 5.74) is 4.44. The summed E-state index contributed by atoms with van der Waals surface area (Å²) in [4.78, 5) is 24.7. The molecule has 0 saturated carbocycles. The quantitative estimate of drug-likeness (QED) is 0.111. The van der Waals surface area contributed by atoms with Crippen LogP contribution in [0.1, 0.15) is 37.8 Å². The van der Waals surface area contributed by atoms with Crippen molar-refractivity contribution < 1.29 is 33.3 Å². The largest absolute Gasteiger partial charge is 0.464 e. The summed E-state index contributed by atoms with van der Waals surface area (Å²) >= 11 is 2.14. The van der Waals surface area contributed by atoms with Crippen LogP contribution in [0.4, 0.5) is 4.79 Å². The van der Waals surface area contributed by atoms with Crippen molar-refractivity contribution in [2.24, 2.45) is 0 Å². The van der Waals surface area contributed by atoms with E-state index in [1.807, 2.05) is 45.0 Å². The van der Waals surface area contributed by atoms with E-state index in [4.69, 9.17) is 23.7 Å². The Labute approximate surface area is 250 Å². The smallest absolute Gasteiger partial charge is 0.407 e. The highest BCUT2D eigenvalue weighted by atomic mass is 127. The molecular weight excluding hydrogens is 627 g/mol. The number of rotatable bonds is 17. The topological polar surface area (TPSA) is 104 Å². The van der Waals surface area contributed by atoms with Gasteiger partial charge < -0.3 is 34.3 Å². The predicted octanol–water partition coefficient (Wildman–Crippen LogP) is 4.31. The third kappa shape index (κ3) is 11.0. The summed E-state index contributed by atoms with van der Waals surface area (Å²) in [5.74, 6) is -0.374. The highest BCUT2D eigenvalue weighted by Crippen LogP contribution is 2.44. The van der Waals surface area contributed by atoms with Gasteiger partial charge in [0.2, 0.25) is 0 Å². The Morgan fingerprint density at radius 2 is 1.50 bits per heavy atom. The number of amides is 1. The molecule has 0 bridgehead atoms. The lowest BCUT2D eigenvalue weighted by Gasteiger charge is -2.21. The summed E-state index contributed by atoms with van der Waals surface area (Å²) in [6, 6.07) is 16.0. The van der Waals surface area contributed by atoms with Gasteiger partial charge in [-0.05, 0) is 43.0 Å². The van der Waals surface area contributed by atoms with Crippen LogP contribution in [0.15, 0.2) is 48.5 Å². The number of benzene rings is 2. The van der Waals surface area contributed by atoms with Gasteiger partial charge in [-0.2, -0.15) is 0 Å². The number of nitrogens with one attached hydrogen (secondary N) is 2. The molecule has 1 amide bonds.